The molecule has 2 aliphatic heterocycles. The molecule has 0 aromatic heterocycles. The molecule has 1 amide bonds. The van der Waals surface area contributed by atoms with Crippen molar-refractivity contribution in [2.45, 2.75) is 18.9 Å². The van der Waals surface area contributed by atoms with Gasteiger partial charge >= 0.3 is 0 Å². The molecule has 7 nitrogen and oxygen atoms in total. The van der Waals surface area contributed by atoms with Crippen molar-refractivity contribution in [3.63, 3.8) is 0 Å². The third kappa shape index (κ3) is 6.87. The number of ether oxygens (including phenoxy) is 1. The molecule has 1 fully saturated rings. The van der Waals surface area contributed by atoms with Gasteiger partial charge in [-0.05, 0) is 30.5 Å². The van der Waals surface area contributed by atoms with Crippen LogP contribution in [-0.4, -0.2) is 93.1 Å². The number of methoxy groups -OCH3 is 1. The fourth-order valence-corrected chi connectivity index (χ4v) is 3.69. The number of hydrogen-bond donors (Lipinski definition) is 1. The van der Waals surface area contributed by atoms with Gasteiger partial charge < -0.3 is 19.9 Å². The predicted octanol–water partition coefficient (Wildman–Crippen LogP) is 1.84. The summed E-state index contributed by atoms with van der Waals surface area (Å²) in [7, 11) is 5.21. The molecule has 3 rings (SSSR count). The second-order valence-electron chi connectivity index (χ2n) is 7.77. The van der Waals surface area contributed by atoms with Crippen LogP contribution in [0.15, 0.2) is 41.4 Å². The summed E-state index contributed by atoms with van der Waals surface area (Å²) in [6.45, 7) is 4.93. The summed E-state index contributed by atoms with van der Waals surface area (Å²) >= 11 is 0. The fourth-order valence-electron chi connectivity index (χ4n) is 3.69. The van der Waals surface area contributed by atoms with Crippen LogP contribution in [-0.2, 0) is 11.2 Å². The van der Waals surface area contributed by atoms with Gasteiger partial charge in [0.25, 0.3) is 0 Å². The molecule has 166 valence electrons. The molecule has 30 heavy (non-hydrogen) atoms. The lowest BCUT2D eigenvalue weighted by atomic mass is 10.1. The normalized spacial score (nSPS) is 19.0. The van der Waals surface area contributed by atoms with Crippen LogP contribution >= 0.6 is 24.0 Å². The van der Waals surface area contributed by atoms with Crippen LogP contribution in [0.25, 0.3) is 0 Å². The Labute approximate surface area is 197 Å². The van der Waals surface area contributed by atoms with E-state index in [2.05, 4.69) is 44.4 Å². The molecule has 0 bridgehead atoms. The van der Waals surface area contributed by atoms with Crippen LogP contribution in [0, 0.1) is 0 Å². The largest absolute Gasteiger partial charge is 0.497 e. The monoisotopic (exact) mass is 527 g/mol. The van der Waals surface area contributed by atoms with Crippen LogP contribution in [0.1, 0.15) is 12.0 Å². The number of aliphatic imine (C=N–C) groups is 1. The highest BCUT2D eigenvalue weighted by Crippen LogP contribution is 2.18. The SMILES string of the molecule is COc1ccc(CCNC(=NCC(=O)N(C)C)N2CCC(N3CC=CC3)C2)cc1.I. The number of rotatable bonds is 7. The summed E-state index contributed by atoms with van der Waals surface area (Å²) in [6.07, 6.45) is 6.49. The Bertz CT molecular complexity index is 728. The molecule has 0 spiro atoms. The number of amides is 1. The van der Waals surface area contributed by atoms with Crippen LogP contribution < -0.4 is 10.1 Å². The van der Waals surface area contributed by atoms with Gasteiger partial charge in [0, 0.05) is 52.9 Å². The highest BCUT2D eigenvalue weighted by atomic mass is 127. The van der Waals surface area contributed by atoms with E-state index in [4.69, 9.17) is 4.74 Å². The summed E-state index contributed by atoms with van der Waals surface area (Å²) in [5.41, 5.74) is 1.24. The molecule has 1 N–H and O–H groups in total. The first-order chi connectivity index (χ1) is 14.1. The number of hydrogen-bond acceptors (Lipinski definition) is 4. The van der Waals surface area contributed by atoms with Gasteiger partial charge in [-0.1, -0.05) is 24.3 Å². The topological polar surface area (TPSA) is 60.4 Å². The van der Waals surface area contributed by atoms with Gasteiger partial charge in [-0.15, -0.1) is 24.0 Å². The predicted molar refractivity (Wildman–Crippen MR) is 132 cm³/mol. The van der Waals surface area contributed by atoms with Crippen LogP contribution in [0.2, 0.25) is 0 Å². The lowest BCUT2D eigenvalue weighted by Crippen LogP contribution is -2.44. The number of guanidine groups is 1. The fraction of sp³-hybridized carbons (Fsp3) is 0.545. The van der Waals surface area contributed by atoms with Gasteiger partial charge in [0.2, 0.25) is 5.91 Å². The molecule has 1 aromatic carbocycles. The number of benzene rings is 1. The molecule has 0 radical (unpaired) electrons. The van der Waals surface area contributed by atoms with Crippen LogP contribution in [0.3, 0.4) is 0 Å². The number of halogens is 1. The van der Waals surface area contributed by atoms with Crippen molar-refractivity contribution < 1.29 is 9.53 Å². The van der Waals surface area contributed by atoms with E-state index in [1.54, 1.807) is 26.1 Å². The summed E-state index contributed by atoms with van der Waals surface area (Å²) in [5, 5.41) is 3.48. The number of nitrogens with one attached hydrogen (secondary N) is 1. The van der Waals surface area contributed by atoms with Crippen molar-refractivity contribution in [3.05, 3.63) is 42.0 Å². The van der Waals surface area contributed by atoms with Crippen molar-refractivity contribution in [3.8, 4) is 5.75 Å². The Morgan fingerprint density at radius 2 is 1.93 bits per heavy atom. The van der Waals surface area contributed by atoms with E-state index >= 15 is 0 Å². The van der Waals surface area contributed by atoms with Gasteiger partial charge in [-0.2, -0.15) is 0 Å². The number of likely N-dealkylation sites (N-methyl/N-ethyl adjacent to an activating group) is 1. The van der Waals surface area contributed by atoms with Crippen molar-refractivity contribution in [2.75, 3.05) is 60.5 Å². The van der Waals surface area contributed by atoms with E-state index < -0.39 is 0 Å². The first kappa shape index (κ1) is 24.5. The minimum atomic E-state index is 0. The number of likely N-dealkylation sites (tertiary alicyclic amines) is 1. The Morgan fingerprint density at radius 3 is 2.57 bits per heavy atom. The second kappa shape index (κ2) is 12.1. The van der Waals surface area contributed by atoms with Crippen molar-refractivity contribution >= 4 is 35.8 Å². The van der Waals surface area contributed by atoms with Crippen molar-refractivity contribution in [1.82, 2.24) is 20.0 Å². The third-order valence-electron chi connectivity index (χ3n) is 5.54. The van der Waals surface area contributed by atoms with Gasteiger partial charge in [0.05, 0.1) is 7.11 Å². The second-order valence-corrected chi connectivity index (χ2v) is 7.77. The summed E-state index contributed by atoms with van der Waals surface area (Å²) < 4.78 is 5.22. The molecule has 0 aliphatic carbocycles. The Kier molecular flexibility index (Phi) is 9.90. The van der Waals surface area contributed by atoms with E-state index in [9.17, 15) is 4.79 Å². The summed E-state index contributed by atoms with van der Waals surface area (Å²) in [6, 6.07) is 8.67. The van der Waals surface area contributed by atoms with E-state index in [-0.39, 0.29) is 36.4 Å². The maximum atomic E-state index is 12.0. The maximum absolute atomic E-state index is 12.0. The zero-order chi connectivity index (χ0) is 20.6. The molecule has 1 saturated heterocycles. The minimum absolute atomic E-state index is 0. The van der Waals surface area contributed by atoms with E-state index in [1.807, 2.05) is 12.1 Å². The molecule has 0 saturated carbocycles. The van der Waals surface area contributed by atoms with Crippen LogP contribution in [0.4, 0.5) is 0 Å². The molecule has 1 atom stereocenters. The molecule has 1 unspecified atom stereocenters. The molecule has 8 heteroatoms. The van der Waals surface area contributed by atoms with Gasteiger partial charge in [-0.25, -0.2) is 4.99 Å². The highest BCUT2D eigenvalue weighted by Gasteiger charge is 2.29. The Balaban J connectivity index is 0.00000320. The van der Waals surface area contributed by atoms with Crippen molar-refractivity contribution in [2.24, 2.45) is 4.99 Å². The zero-order valence-electron chi connectivity index (χ0n) is 18.2. The third-order valence-corrected chi connectivity index (χ3v) is 5.54. The number of nitrogens with zero attached hydrogens (tertiary/aromatic N) is 4. The van der Waals surface area contributed by atoms with Crippen molar-refractivity contribution in [1.29, 1.82) is 0 Å². The lowest BCUT2D eigenvalue weighted by molar-refractivity contribution is -0.127. The first-order valence-electron chi connectivity index (χ1n) is 10.3. The van der Waals surface area contributed by atoms with Gasteiger partial charge in [0.1, 0.15) is 12.3 Å². The average molecular weight is 527 g/mol. The Morgan fingerprint density at radius 1 is 1.23 bits per heavy atom. The molecule has 1 aromatic rings. The van der Waals surface area contributed by atoms with Crippen LogP contribution in [0.5, 0.6) is 5.75 Å². The van der Waals surface area contributed by atoms with E-state index in [0.29, 0.717) is 6.04 Å². The number of carbonyl (C=O) groups excluding carboxylic acids is 1. The molecule has 2 heterocycles. The molecule has 2 aliphatic rings. The first-order valence-corrected chi connectivity index (χ1v) is 10.3. The standard InChI is InChI=1S/C22H33N5O2.HI/c1-25(2)21(28)16-24-22(23-12-10-18-6-8-20(29-3)9-7-18)27-15-11-19(17-27)26-13-4-5-14-26;/h4-9,19H,10-17H2,1-3H3,(H,23,24);1H. The minimum Gasteiger partial charge on any atom is -0.497 e. The zero-order valence-corrected chi connectivity index (χ0v) is 20.5. The molecular weight excluding hydrogens is 493 g/mol. The van der Waals surface area contributed by atoms with Gasteiger partial charge in [0.15, 0.2) is 5.96 Å². The van der Waals surface area contributed by atoms with Gasteiger partial charge in [-0.3, -0.25) is 9.69 Å². The molecular formula is C22H34IN5O2. The summed E-state index contributed by atoms with van der Waals surface area (Å²) in [5.74, 6) is 1.72. The number of carbonyl (C=O) groups is 1. The Hall–Kier alpha value is -1.81. The van der Waals surface area contributed by atoms with E-state index in [0.717, 1.165) is 57.3 Å². The van der Waals surface area contributed by atoms with E-state index in [1.165, 1.54) is 5.56 Å². The maximum Gasteiger partial charge on any atom is 0.243 e. The lowest BCUT2D eigenvalue weighted by Gasteiger charge is -2.26. The quantitative estimate of drug-likeness (QED) is 0.254. The average Bonchev–Trinajstić information content (AvgIpc) is 3.42. The summed E-state index contributed by atoms with van der Waals surface area (Å²) in [4.78, 5) is 23.0. The highest BCUT2D eigenvalue weighted by molar-refractivity contribution is 14.0. The smallest absolute Gasteiger partial charge is 0.243 e.